The van der Waals surface area contributed by atoms with E-state index in [9.17, 15) is 0 Å². The van der Waals surface area contributed by atoms with Crippen LogP contribution in [0.2, 0.25) is 0 Å². The van der Waals surface area contributed by atoms with Crippen molar-refractivity contribution in [2.45, 2.75) is 38.9 Å². The normalized spacial score (nSPS) is 16.4. The van der Waals surface area contributed by atoms with Crippen LogP contribution in [-0.4, -0.2) is 22.9 Å². The highest BCUT2D eigenvalue weighted by molar-refractivity contribution is 6.65. The summed E-state index contributed by atoms with van der Waals surface area (Å²) in [5, 5.41) is 4.61. The molecule has 0 saturated carbocycles. The van der Waals surface area contributed by atoms with Gasteiger partial charge < -0.3 is 18.3 Å². The van der Waals surface area contributed by atoms with E-state index in [0.29, 0.717) is 0 Å². The average Bonchev–Trinajstić information content (AvgIpc) is 3.60. The first kappa shape index (κ1) is 24.5. The molecule has 0 bridgehead atoms. The molecule has 1 fully saturated rings. The third-order valence-corrected chi connectivity index (χ3v) is 9.06. The zero-order valence-electron chi connectivity index (χ0n) is 23.6. The summed E-state index contributed by atoms with van der Waals surface area (Å²) in [6, 6.07) is 38.5. The smallest absolute Gasteiger partial charge is 0.456 e. The SMILES string of the molecule is CC1(C)OB(c2ccc(-c3cccc4c5ccccc5n(-c5ccccc5)c34)c3c2oc2ccccc23)OC1(C)C. The summed E-state index contributed by atoms with van der Waals surface area (Å²) in [5.41, 5.74) is 7.44. The molecule has 1 aliphatic rings. The van der Waals surface area contributed by atoms with Crippen molar-refractivity contribution in [3.05, 3.63) is 109 Å². The molecule has 5 aromatic carbocycles. The Morgan fingerprint density at radius 2 is 1.24 bits per heavy atom. The minimum atomic E-state index is -0.524. The van der Waals surface area contributed by atoms with E-state index in [-0.39, 0.29) is 0 Å². The van der Waals surface area contributed by atoms with Gasteiger partial charge >= 0.3 is 7.12 Å². The molecular formula is C36H30BNO3. The summed E-state index contributed by atoms with van der Waals surface area (Å²) in [7, 11) is -0.524. The van der Waals surface area contributed by atoms with Crippen LogP contribution < -0.4 is 5.46 Å². The highest BCUT2D eigenvalue weighted by Gasteiger charge is 2.52. The van der Waals surface area contributed by atoms with Crippen LogP contribution in [0.3, 0.4) is 0 Å². The molecule has 0 aliphatic carbocycles. The highest BCUT2D eigenvalue weighted by Crippen LogP contribution is 2.43. The molecule has 41 heavy (non-hydrogen) atoms. The second-order valence-electron chi connectivity index (χ2n) is 12.0. The molecule has 200 valence electrons. The number of hydrogen-bond acceptors (Lipinski definition) is 3. The van der Waals surface area contributed by atoms with Gasteiger partial charge in [0, 0.05) is 38.3 Å². The fourth-order valence-electron chi connectivity index (χ4n) is 6.31. The van der Waals surface area contributed by atoms with Crippen LogP contribution in [-0.2, 0) is 9.31 Å². The molecule has 1 aliphatic heterocycles. The number of rotatable bonds is 3. The summed E-state index contributed by atoms with van der Waals surface area (Å²) in [6.07, 6.45) is 0. The van der Waals surface area contributed by atoms with Gasteiger partial charge in [-0.3, -0.25) is 0 Å². The first-order valence-corrected chi connectivity index (χ1v) is 14.2. The molecular weight excluding hydrogens is 505 g/mol. The van der Waals surface area contributed by atoms with Crippen LogP contribution in [0.25, 0.3) is 60.6 Å². The Bertz CT molecular complexity index is 2100. The van der Waals surface area contributed by atoms with Crippen LogP contribution in [0, 0.1) is 0 Å². The summed E-state index contributed by atoms with van der Waals surface area (Å²) in [6.45, 7) is 8.33. The zero-order valence-corrected chi connectivity index (χ0v) is 23.6. The molecule has 0 radical (unpaired) electrons. The monoisotopic (exact) mass is 535 g/mol. The van der Waals surface area contributed by atoms with E-state index in [1.54, 1.807) is 0 Å². The molecule has 8 rings (SSSR count). The number of hydrogen-bond donors (Lipinski definition) is 0. The van der Waals surface area contributed by atoms with Gasteiger partial charge in [-0.15, -0.1) is 0 Å². The van der Waals surface area contributed by atoms with Gasteiger partial charge in [0.25, 0.3) is 0 Å². The molecule has 0 amide bonds. The van der Waals surface area contributed by atoms with Crippen molar-refractivity contribution in [1.82, 2.24) is 4.57 Å². The Balaban J connectivity index is 1.47. The Hall–Kier alpha value is -4.32. The number of para-hydroxylation sites is 4. The Labute approximate surface area is 239 Å². The van der Waals surface area contributed by atoms with Gasteiger partial charge in [0.2, 0.25) is 0 Å². The molecule has 4 nitrogen and oxygen atoms in total. The lowest BCUT2D eigenvalue weighted by molar-refractivity contribution is 0.00578. The lowest BCUT2D eigenvalue weighted by Gasteiger charge is -2.32. The Morgan fingerprint density at radius 3 is 2.02 bits per heavy atom. The minimum absolute atomic E-state index is 0.448. The quantitative estimate of drug-likeness (QED) is 0.213. The van der Waals surface area contributed by atoms with Gasteiger partial charge in [-0.25, -0.2) is 0 Å². The molecule has 0 unspecified atom stereocenters. The second kappa shape index (κ2) is 8.59. The summed E-state index contributed by atoms with van der Waals surface area (Å²) in [4.78, 5) is 0. The lowest BCUT2D eigenvalue weighted by Crippen LogP contribution is -2.41. The average molecular weight is 535 g/mol. The van der Waals surface area contributed by atoms with Gasteiger partial charge in [0.15, 0.2) is 0 Å². The number of aromatic nitrogens is 1. The summed E-state index contributed by atoms with van der Waals surface area (Å²) in [5.74, 6) is 0. The van der Waals surface area contributed by atoms with E-state index in [2.05, 4.69) is 129 Å². The van der Waals surface area contributed by atoms with Crippen molar-refractivity contribution in [3.63, 3.8) is 0 Å². The molecule has 3 heterocycles. The van der Waals surface area contributed by atoms with Crippen molar-refractivity contribution >= 4 is 56.3 Å². The third-order valence-electron chi connectivity index (χ3n) is 9.06. The standard InChI is InChI=1S/C36H30BNO3/c1-35(2)36(3,4)41-37(40-35)29-22-21-25(32-28-16-9-11-20-31(28)39-34(29)32)27-18-12-17-26-24-15-8-10-19-30(24)38(33(26)27)23-13-6-5-7-14-23/h5-22H,1-4H3. The fourth-order valence-corrected chi connectivity index (χ4v) is 6.31. The van der Waals surface area contributed by atoms with Gasteiger partial charge in [-0.1, -0.05) is 84.9 Å². The largest absolute Gasteiger partial charge is 0.498 e. The number of benzene rings is 5. The van der Waals surface area contributed by atoms with Gasteiger partial charge in [-0.2, -0.15) is 0 Å². The van der Waals surface area contributed by atoms with E-state index in [0.717, 1.165) is 44.2 Å². The first-order valence-electron chi connectivity index (χ1n) is 14.2. The van der Waals surface area contributed by atoms with Crippen molar-refractivity contribution < 1.29 is 13.7 Å². The fraction of sp³-hybridized carbons (Fsp3) is 0.167. The van der Waals surface area contributed by atoms with Gasteiger partial charge in [0.05, 0.1) is 22.2 Å². The number of nitrogens with zero attached hydrogens (tertiary/aromatic N) is 1. The van der Waals surface area contributed by atoms with Crippen molar-refractivity contribution in [2.75, 3.05) is 0 Å². The molecule has 0 atom stereocenters. The Kier molecular flexibility index (Phi) is 5.13. The third kappa shape index (κ3) is 3.49. The van der Waals surface area contributed by atoms with E-state index < -0.39 is 18.3 Å². The topological polar surface area (TPSA) is 36.5 Å². The minimum Gasteiger partial charge on any atom is -0.456 e. The molecule has 0 spiro atoms. The van der Waals surface area contributed by atoms with Gasteiger partial charge in [0.1, 0.15) is 11.2 Å². The Morgan fingerprint density at radius 1 is 0.585 bits per heavy atom. The van der Waals surface area contributed by atoms with E-state index >= 15 is 0 Å². The second-order valence-corrected chi connectivity index (χ2v) is 12.0. The van der Waals surface area contributed by atoms with Crippen molar-refractivity contribution in [3.8, 4) is 16.8 Å². The number of furan rings is 1. The summed E-state index contributed by atoms with van der Waals surface area (Å²) < 4.78 is 22.0. The zero-order chi connectivity index (χ0) is 27.9. The number of fused-ring (bicyclic) bond motifs is 6. The van der Waals surface area contributed by atoms with Crippen LogP contribution in [0.1, 0.15) is 27.7 Å². The predicted octanol–water partition coefficient (Wildman–Crippen LogP) is 8.65. The first-order chi connectivity index (χ1) is 19.8. The molecule has 2 aromatic heterocycles. The van der Waals surface area contributed by atoms with Crippen LogP contribution >= 0.6 is 0 Å². The maximum Gasteiger partial charge on any atom is 0.498 e. The van der Waals surface area contributed by atoms with Gasteiger partial charge in [-0.05, 0) is 57.5 Å². The molecule has 1 saturated heterocycles. The predicted molar refractivity (Wildman–Crippen MR) is 169 cm³/mol. The molecule has 0 N–H and O–H groups in total. The van der Waals surface area contributed by atoms with Crippen LogP contribution in [0.15, 0.2) is 114 Å². The van der Waals surface area contributed by atoms with E-state index in [4.69, 9.17) is 13.7 Å². The van der Waals surface area contributed by atoms with Crippen molar-refractivity contribution in [2.24, 2.45) is 0 Å². The van der Waals surface area contributed by atoms with Crippen LogP contribution in [0.5, 0.6) is 0 Å². The van der Waals surface area contributed by atoms with Crippen LogP contribution in [0.4, 0.5) is 0 Å². The highest BCUT2D eigenvalue weighted by atomic mass is 16.7. The summed E-state index contributed by atoms with van der Waals surface area (Å²) >= 11 is 0. The van der Waals surface area contributed by atoms with E-state index in [1.807, 2.05) is 12.1 Å². The maximum absolute atomic E-state index is 6.61. The molecule has 7 aromatic rings. The van der Waals surface area contributed by atoms with E-state index in [1.165, 1.54) is 21.8 Å². The molecule has 5 heteroatoms. The van der Waals surface area contributed by atoms with Crippen molar-refractivity contribution in [1.29, 1.82) is 0 Å². The lowest BCUT2D eigenvalue weighted by atomic mass is 9.77. The maximum atomic E-state index is 6.61.